The van der Waals surface area contributed by atoms with Crippen LogP contribution in [0, 0.1) is 5.92 Å². The number of rotatable bonds is 4. The number of nitrogens with one attached hydrogen (secondary N) is 2. The Balaban J connectivity index is 0.00000225. The highest BCUT2D eigenvalue weighted by molar-refractivity contribution is 6.30. The van der Waals surface area contributed by atoms with Gasteiger partial charge in [0, 0.05) is 41.8 Å². The molecule has 1 amide bonds. The molecule has 0 spiro atoms. The summed E-state index contributed by atoms with van der Waals surface area (Å²) in [5, 5.41) is 21.4. The molecule has 2 aromatic rings. The molecule has 0 radical (unpaired) electrons. The van der Waals surface area contributed by atoms with Crippen LogP contribution in [-0.4, -0.2) is 46.5 Å². The van der Waals surface area contributed by atoms with E-state index in [0.29, 0.717) is 23.8 Å². The molecule has 1 aromatic carbocycles. The summed E-state index contributed by atoms with van der Waals surface area (Å²) in [6.45, 7) is 1.76. The van der Waals surface area contributed by atoms with Crippen LogP contribution in [-0.2, 0) is 12.8 Å². The molecule has 2 unspecified atom stereocenters. The highest BCUT2D eigenvalue weighted by atomic mass is 35.5. The maximum Gasteiger partial charge on any atom is 0.272 e. The topological polar surface area (TPSA) is 79.2 Å². The smallest absolute Gasteiger partial charge is 0.272 e. The van der Waals surface area contributed by atoms with Crippen molar-refractivity contribution in [3.05, 3.63) is 46.2 Å². The van der Waals surface area contributed by atoms with Gasteiger partial charge in [0.25, 0.3) is 5.91 Å². The molecule has 2 aliphatic rings. The average molecular weight is 425 g/mol. The van der Waals surface area contributed by atoms with Gasteiger partial charge in [-0.15, -0.1) is 12.4 Å². The third kappa shape index (κ3) is 4.35. The monoisotopic (exact) mass is 424 g/mol. The minimum absolute atomic E-state index is 0. The number of β-amino-alcohol motifs (C(OH)–C–C–N with tert-alkyl or cyclic N) is 1. The standard InChI is InChI=1S/C20H25ClN4O2.ClH/c21-14-6-8-15(9-7-14)25-17-5-3-1-2-4-16(17)19(24-25)20(27)23-11-13-10-22-12-18(13)26;/h6-9,13,18,22,26H,1-5,10-12H2,(H,23,27);1H. The quantitative estimate of drug-likeness (QED) is 0.658. The number of hydrogen-bond donors (Lipinski definition) is 3. The van der Waals surface area contributed by atoms with Gasteiger partial charge >= 0.3 is 0 Å². The van der Waals surface area contributed by atoms with E-state index < -0.39 is 6.10 Å². The van der Waals surface area contributed by atoms with Crippen molar-refractivity contribution in [2.75, 3.05) is 19.6 Å². The Morgan fingerprint density at radius 2 is 1.96 bits per heavy atom. The van der Waals surface area contributed by atoms with E-state index in [0.717, 1.165) is 55.6 Å². The average Bonchev–Trinajstić information content (AvgIpc) is 3.15. The Bertz CT molecular complexity index is 822. The van der Waals surface area contributed by atoms with Crippen molar-refractivity contribution in [2.24, 2.45) is 5.92 Å². The van der Waals surface area contributed by atoms with E-state index in [4.69, 9.17) is 11.6 Å². The number of benzene rings is 1. The second-order valence-corrected chi connectivity index (χ2v) is 7.85. The Hall–Kier alpha value is -1.60. The maximum absolute atomic E-state index is 12.9. The van der Waals surface area contributed by atoms with Gasteiger partial charge in [-0.3, -0.25) is 4.79 Å². The molecule has 1 aliphatic heterocycles. The third-order valence-corrected chi connectivity index (χ3v) is 5.80. The molecule has 1 fully saturated rings. The second kappa shape index (κ2) is 9.27. The largest absolute Gasteiger partial charge is 0.391 e. The summed E-state index contributed by atoms with van der Waals surface area (Å²) in [7, 11) is 0. The first kappa shape index (κ1) is 21.1. The van der Waals surface area contributed by atoms with Gasteiger partial charge in [-0.05, 0) is 49.9 Å². The van der Waals surface area contributed by atoms with E-state index in [2.05, 4.69) is 15.7 Å². The molecule has 3 N–H and O–H groups in total. The SMILES string of the molecule is Cl.O=C(NCC1CNCC1O)c1nn(-c2ccc(Cl)cc2)c2c1CCCCC2. The van der Waals surface area contributed by atoms with Crippen molar-refractivity contribution in [3.63, 3.8) is 0 Å². The molecule has 0 saturated carbocycles. The molecule has 2 heterocycles. The third-order valence-electron chi connectivity index (χ3n) is 5.55. The van der Waals surface area contributed by atoms with Crippen molar-refractivity contribution in [2.45, 2.75) is 38.2 Å². The van der Waals surface area contributed by atoms with Gasteiger partial charge in [0.15, 0.2) is 5.69 Å². The fourth-order valence-electron chi connectivity index (χ4n) is 3.99. The molecule has 2 atom stereocenters. The summed E-state index contributed by atoms with van der Waals surface area (Å²) in [6.07, 6.45) is 4.73. The number of halogens is 2. The minimum Gasteiger partial charge on any atom is -0.391 e. The lowest BCUT2D eigenvalue weighted by Gasteiger charge is -2.13. The van der Waals surface area contributed by atoms with Crippen molar-refractivity contribution in [1.82, 2.24) is 20.4 Å². The lowest BCUT2D eigenvalue weighted by Crippen LogP contribution is -2.35. The van der Waals surface area contributed by atoms with Crippen LogP contribution >= 0.6 is 24.0 Å². The van der Waals surface area contributed by atoms with Gasteiger partial charge in [-0.1, -0.05) is 18.0 Å². The fourth-order valence-corrected chi connectivity index (χ4v) is 4.12. The first-order valence-electron chi connectivity index (χ1n) is 9.67. The van der Waals surface area contributed by atoms with E-state index in [-0.39, 0.29) is 24.2 Å². The van der Waals surface area contributed by atoms with Gasteiger partial charge < -0.3 is 15.7 Å². The van der Waals surface area contributed by atoms with Crippen LogP contribution in [0.2, 0.25) is 5.02 Å². The normalized spacial score (nSPS) is 21.5. The molecule has 8 heteroatoms. The first-order chi connectivity index (χ1) is 13.1. The van der Waals surface area contributed by atoms with Crippen molar-refractivity contribution in [1.29, 1.82) is 0 Å². The number of carbonyl (C=O) groups is 1. The lowest BCUT2D eigenvalue weighted by molar-refractivity contribution is 0.0921. The molecule has 4 rings (SSSR count). The van der Waals surface area contributed by atoms with Gasteiger partial charge in [-0.25, -0.2) is 4.68 Å². The number of aromatic nitrogens is 2. The molecule has 1 saturated heterocycles. The predicted molar refractivity (Wildman–Crippen MR) is 112 cm³/mol. The zero-order valence-electron chi connectivity index (χ0n) is 15.7. The van der Waals surface area contributed by atoms with E-state index in [1.165, 1.54) is 0 Å². The van der Waals surface area contributed by atoms with Crippen LogP contribution in [0.3, 0.4) is 0 Å². The molecule has 0 bridgehead atoms. The summed E-state index contributed by atoms with van der Waals surface area (Å²) >= 11 is 6.02. The van der Waals surface area contributed by atoms with E-state index in [1.807, 2.05) is 28.9 Å². The highest BCUT2D eigenvalue weighted by Crippen LogP contribution is 2.27. The number of aliphatic hydroxyl groups is 1. The molecule has 6 nitrogen and oxygen atoms in total. The molecule has 152 valence electrons. The molecular formula is C20H26Cl2N4O2. The highest BCUT2D eigenvalue weighted by Gasteiger charge is 2.28. The number of hydrogen-bond acceptors (Lipinski definition) is 4. The number of carbonyl (C=O) groups excluding carboxylic acids is 1. The predicted octanol–water partition coefficient (Wildman–Crippen LogP) is 2.53. The Morgan fingerprint density at radius 1 is 1.21 bits per heavy atom. The minimum atomic E-state index is -0.408. The van der Waals surface area contributed by atoms with Gasteiger partial charge in [0.2, 0.25) is 0 Å². The number of fused-ring (bicyclic) bond motifs is 1. The van der Waals surface area contributed by atoms with E-state index in [9.17, 15) is 9.90 Å². The van der Waals surface area contributed by atoms with Crippen LogP contribution < -0.4 is 10.6 Å². The van der Waals surface area contributed by atoms with Crippen molar-refractivity contribution < 1.29 is 9.90 Å². The zero-order valence-corrected chi connectivity index (χ0v) is 17.2. The summed E-state index contributed by atoms with van der Waals surface area (Å²) in [5.41, 5.74) is 3.63. The van der Waals surface area contributed by atoms with Crippen LogP contribution in [0.15, 0.2) is 24.3 Å². The fraction of sp³-hybridized carbons (Fsp3) is 0.500. The van der Waals surface area contributed by atoms with Gasteiger partial charge in [0.05, 0.1) is 11.8 Å². The van der Waals surface area contributed by atoms with Crippen LogP contribution in [0.1, 0.15) is 41.0 Å². The summed E-state index contributed by atoms with van der Waals surface area (Å²) in [4.78, 5) is 12.9. The lowest BCUT2D eigenvalue weighted by atomic mass is 10.1. The van der Waals surface area contributed by atoms with Crippen molar-refractivity contribution in [3.8, 4) is 5.69 Å². The Labute approximate surface area is 176 Å². The molecule has 28 heavy (non-hydrogen) atoms. The van der Waals surface area contributed by atoms with Gasteiger partial charge in [-0.2, -0.15) is 5.10 Å². The first-order valence-corrected chi connectivity index (χ1v) is 10.0. The van der Waals surface area contributed by atoms with E-state index >= 15 is 0 Å². The molecule has 1 aliphatic carbocycles. The van der Waals surface area contributed by atoms with Crippen molar-refractivity contribution >= 4 is 29.9 Å². The number of nitrogens with zero attached hydrogens (tertiary/aromatic N) is 2. The summed E-state index contributed by atoms with van der Waals surface area (Å²) in [6, 6.07) is 7.55. The van der Waals surface area contributed by atoms with Crippen LogP contribution in [0.4, 0.5) is 0 Å². The summed E-state index contributed by atoms with van der Waals surface area (Å²) in [5.74, 6) is -0.106. The number of aliphatic hydroxyl groups excluding tert-OH is 1. The molecule has 1 aromatic heterocycles. The number of amides is 1. The van der Waals surface area contributed by atoms with E-state index in [1.54, 1.807) is 0 Å². The summed E-state index contributed by atoms with van der Waals surface area (Å²) < 4.78 is 1.90. The molecular weight excluding hydrogens is 399 g/mol. The Morgan fingerprint density at radius 3 is 2.68 bits per heavy atom. The van der Waals surface area contributed by atoms with Crippen LogP contribution in [0.5, 0.6) is 0 Å². The zero-order chi connectivity index (χ0) is 18.8. The van der Waals surface area contributed by atoms with Crippen LogP contribution in [0.25, 0.3) is 5.69 Å². The second-order valence-electron chi connectivity index (χ2n) is 7.42. The Kier molecular flexibility index (Phi) is 6.99. The maximum atomic E-state index is 12.9. The van der Waals surface area contributed by atoms with Gasteiger partial charge in [0.1, 0.15) is 0 Å².